The van der Waals surface area contributed by atoms with Crippen molar-refractivity contribution in [1.29, 1.82) is 0 Å². The van der Waals surface area contributed by atoms with Gasteiger partial charge in [-0.15, -0.1) is 0 Å². The molecule has 0 fully saturated rings. The largest absolute Gasteiger partial charge is 0.454 e. The summed E-state index contributed by atoms with van der Waals surface area (Å²) in [5.74, 6) is -1.70. The SMILES string of the molecule is Cc1ccc(C(=O)COC(=O)c2cc(-c3ccc(N4C(=O)c5ccccc5C4=O)cc3)nc3c(C)cc(Br)cc23)cc1. The number of pyridine rings is 1. The number of esters is 1. The summed E-state index contributed by atoms with van der Waals surface area (Å²) < 4.78 is 6.26. The molecule has 0 radical (unpaired) electrons. The number of fused-ring (bicyclic) bond motifs is 2. The van der Waals surface area contributed by atoms with Crippen LogP contribution in [0.25, 0.3) is 22.2 Å². The first-order valence-corrected chi connectivity index (χ1v) is 14.0. The Labute approximate surface area is 249 Å². The van der Waals surface area contributed by atoms with Gasteiger partial charge in [0.25, 0.3) is 11.8 Å². The van der Waals surface area contributed by atoms with Gasteiger partial charge >= 0.3 is 5.97 Å². The third-order valence-corrected chi connectivity index (χ3v) is 7.67. The van der Waals surface area contributed by atoms with Gasteiger partial charge in [0.1, 0.15) is 0 Å². The van der Waals surface area contributed by atoms with Crippen molar-refractivity contribution in [3.63, 3.8) is 0 Å². The Hall–Kier alpha value is -4.95. The Bertz CT molecular complexity index is 1900. The molecule has 0 spiro atoms. The van der Waals surface area contributed by atoms with Crippen LogP contribution < -0.4 is 4.90 Å². The third-order valence-electron chi connectivity index (χ3n) is 7.21. The van der Waals surface area contributed by atoms with Crippen LogP contribution >= 0.6 is 15.9 Å². The molecule has 6 rings (SSSR count). The van der Waals surface area contributed by atoms with Gasteiger partial charge in [0.15, 0.2) is 12.4 Å². The average Bonchev–Trinajstić information content (AvgIpc) is 3.25. The standard InChI is InChI=1S/C34H23BrN2O5/c1-19-7-9-22(10-8-19)30(38)18-42-34(41)28-17-29(36-31-20(2)15-23(35)16-27(28)31)21-11-13-24(14-12-21)37-32(39)25-5-3-4-6-26(25)33(37)40/h3-17H,18H2,1-2H3. The first-order valence-electron chi connectivity index (χ1n) is 13.2. The quantitative estimate of drug-likeness (QED) is 0.114. The molecule has 0 aliphatic carbocycles. The number of amides is 2. The second-order valence-corrected chi connectivity index (χ2v) is 11.0. The molecule has 0 bridgehead atoms. The molecule has 4 aromatic carbocycles. The van der Waals surface area contributed by atoms with E-state index in [1.807, 2.05) is 32.0 Å². The van der Waals surface area contributed by atoms with E-state index in [0.717, 1.165) is 20.5 Å². The van der Waals surface area contributed by atoms with Gasteiger partial charge < -0.3 is 4.74 Å². The van der Waals surface area contributed by atoms with Gasteiger partial charge in [-0.1, -0.05) is 70.0 Å². The summed E-state index contributed by atoms with van der Waals surface area (Å²) in [7, 11) is 0. The monoisotopic (exact) mass is 618 g/mol. The predicted octanol–water partition coefficient (Wildman–Crippen LogP) is 7.12. The fraction of sp³-hybridized carbons (Fsp3) is 0.0882. The van der Waals surface area contributed by atoms with Crippen molar-refractivity contribution in [3.8, 4) is 11.3 Å². The van der Waals surface area contributed by atoms with Gasteiger partial charge in [-0.05, 0) is 61.9 Å². The molecule has 5 aromatic rings. The van der Waals surface area contributed by atoms with Gasteiger partial charge in [-0.3, -0.25) is 14.4 Å². The lowest BCUT2D eigenvalue weighted by molar-refractivity contribution is 0.0476. The molecule has 206 valence electrons. The van der Waals surface area contributed by atoms with Crippen molar-refractivity contribution >= 4 is 56.1 Å². The maximum atomic E-state index is 13.4. The molecule has 0 saturated heterocycles. The highest BCUT2D eigenvalue weighted by Crippen LogP contribution is 2.33. The van der Waals surface area contributed by atoms with Crippen molar-refractivity contribution in [2.45, 2.75) is 13.8 Å². The molecule has 2 heterocycles. The van der Waals surface area contributed by atoms with E-state index in [9.17, 15) is 19.2 Å². The fourth-order valence-electron chi connectivity index (χ4n) is 5.01. The predicted molar refractivity (Wildman–Crippen MR) is 163 cm³/mol. The highest BCUT2D eigenvalue weighted by atomic mass is 79.9. The summed E-state index contributed by atoms with van der Waals surface area (Å²) in [6.07, 6.45) is 0. The number of carbonyl (C=O) groups is 4. The summed E-state index contributed by atoms with van der Waals surface area (Å²) in [5, 5.41) is 0.584. The third kappa shape index (κ3) is 4.90. The second kappa shape index (κ2) is 10.8. The zero-order chi connectivity index (χ0) is 29.5. The highest BCUT2D eigenvalue weighted by Gasteiger charge is 2.36. The lowest BCUT2D eigenvalue weighted by atomic mass is 10.0. The van der Waals surface area contributed by atoms with E-state index in [1.165, 1.54) is 0 Å². The first-order chi connectivity index (χ1) is 20.2. The van der Waals surface area contributed by atoms with Crippen LogP contribution in [-0.4, -0.2) is 35.2 Å². The molecule has 0 N–H and O–H groups in total. The Balaban J connectivity index is 1.32. The van der Waals surface area contributed by atoms with E-state index in [-0.39, 0.29) is 23.2 Å². The van der Waals surface area contributed by atoms with Crippen LogP contribution in [0.15, 0.2) is 95.5 Å². The van der Waals surface area contributed by atoms with Crippen LogP contribution in [0.2, 0.25) is 0 Å². The number of aryl methyl sites for hydroxylation is 2. The molecule has 7 nitrogen and oxygen atoms in total. The molecule has 1 aromatic heterocycles. The minimum absolute atomic E-state index is 0.264. The fourth-order valence-corrected chi connectivity index (χ4v) is 5.58. The minimum atomic E-state index is -0.649. The summed E-state index contributed by atoms with van der Waals surface area (Å²) in [5.41, 5.74) is 5.54. The van der Waals surface area contributed by atoms with E-state index in [4.69, 9.17) is 9.72 Å². The van der Waals surface area contributed by atoms with Crippen molar-refractivity contribution in [2.75, 3.05) is 11.5 Å². The highest BCUT2D eigenvalue weighted by molar-refractivity contribution is 9.10. The summed E-state index contributed by atoms with van der Waals surface area (Å²) >= 11 is 3.50. The number of rotatable bonds is 6. The van der Waals surface area contributed by atoms with E-state index in [0.29, 0.717) is 44.5 Å². The molecule has 1 aliphatic rings. The van der Waals surface area contributed by atoms with E-state index < -0.39 is 12.6 Å². The van der Waals surface area contributed by atoms with Crippen molar-refractivity contribution < 1.29 is 23.9 Å². The summed E-state index contributed by atoms with van der Waals surface area (Å²) in [6, 6.07) is 26.0. The number of carbonyl (C=O) groups excluding carboxylic acids is 4. The zero-order valence-corrected chi connectivity index (χ0v) is 24.3. The molecule has 8 heteroatoms. The van der Waals surface area contributed by atoms with Crippen molar-refractivity contribution in [3.05, 3.63) is 129 Å². The Kier molecular flexibility index (Phi) is 7.00. The second-order valence-electron chi connectivity index (χ2n) is 10.1. The lowest BCUT2D eigenvalue weighted by Gasteiger charge is -2.15. The Morgan fingerprint density at radius 1 is 0.833 bits per heavy atom. The zero-order valence-electron chi connectivity index (χ0n) is 22.7. The Morgan fingerprint density at radius 2 is 1.48 bits per heavy atom. The number of anilines is 1. The number of Topliss-reactive ketones (excluding diaryl/α,β-unsaturated/α-hetero) is 1. The van der Waals surface area contributed by atoms with Crippen molar-refractivity contribution in [1.82, 2.24) is 4.98 Å². The number of nitrogens with zero attached hydrogens (tertiary/aromatic N) is 2. The number of halogens is 1. The van der Waals surface area contributed by atoms with Gasteiger partial charge in [0.05, 0.1) is 33.6 Å². The lowest BCUT2D eigenvalue weighted by Crippen LogP contribution is -2.29. The number of aromatic nitrogens is 1. The Morgan fingerprint density at radius 3 is 2.12 bits per heavy atom. The van der Waals surface area contributed by atoms with E-state index in [2.05, 4.69) is 15.9 Å². The molecule has 42 heavy (non-hydrogen) atoms. The average molecular weight is 619 g/mol. The van der Waals surface area contributed by atoms with Crippen LogP contribution in [-0.2, 0) is 4.74 Å². The number of imide groups is 1. The molecule has 0 unspecified atom stereocenters. The van der Waals surface area contributed by atoms with Crippen LogP contribution in [0.4, 0.5) is 5.69 Å². The molecular weight excluding hydrogens is 596 g/mol. The smallest absolute Gasteiger partial charge is 0.339 e. The van der Waals surface area contributed by atoms with Crippen molar-refractivity contribution in [2.24, 2.45) is 0 Å². The maximum Gasteiger partial charge on any atom is 0.339 e. The van der Waals surface area contributed by atoms with Gasteiger partial charge in [0, 0.05) is 21.0 Å². The molecule has 1 aliphatic heterocycles. The minimum Gasteiger partial charge on any atom is -0.454 e. The van der Waals surface area contributed by atoms with Gasteiger partial charge in [-0.25, -0.2) is 14.7 Å². The number of hydrogen-bond acceptors (Lipinski definition) is 6. The number of benzene rings is 4. The van der Waals surface area contributed by atoms with Crippen LogP contribution in [0, 0.1) is 13.8 Å². The molecular formula is C34H23BrN2O5. The summed E-state index contributed by atoms with van der Waals surface area (Å²) in [4.78, 5) is 57.8. The number of ether oxygens (including phenoxy) is 1. The van der Waals surface area contributed by atoms with Gasteiger partial charge in [0.2, 0.25) is 0 Å². The molecule has 2 amide bonds. The van der Waals surface area contributed by atoms with Crippen LogP contribution in [0.5, 0.6) is 0 Å². The van der Waals surface area contributed by atoms with Crippen LogP contribution in [0.3, 0.4) is 0 Å². The maximum absolute atomic E-state index is 13.4. The normalized spacial score (nSPS) is 12.5. The first kappa shape index (κ1) is 27.2. The van der Waals surface area contributed by atoms with E-state index in [1.54, 1.807) is 72.8 Å². The van der Waals surface area contributed by atoms with Crippen LogP contribution in [0.1, 0.15) is 52.6 Å². The molecule has 0 saturated carbocycles. The molecule has 0 atom stereocenters. The number of ketones is 1. The summed E-state index contributed by atoms with van der Waals surface area (Å²) in [6.45, 7) is 3.42. The topological polar surface area (TPSA) is 93.6 Å². The van der Waals surface area contributed by atoms with Gasteiger partial charge in [-0.2, -0.15) is 0 Å². The number of hydrogen-bond donors (Lipinski definition) is 0. The van der Waals surface area contributed by atoms with E-state index >= 15 is 0 Å².